The molecule has 2 rings (SSSR count). The normalized spacial score (nSPS) is 12.7. The van der Waals surface area contributed by atoms with Crippen molar-refractivity contribution >= 4 is 27.7 Å². The van der Waals surface area contributed by atoms with E-state index >= 15 is 0 Å². The van der Waals surface area contributed by atoms with Crippen LogP contribution in [0.3, 0.4) is 0 Å². The zero-order valence-electron chi connectivity index (χ0n) is 16.8. The van der Waals surface area contributed by atoms with Crippen LogP contribution in [0, 0.1) is 19.7 Å². The molecule has 0 fully saturated rings. The Kier molecular flexibility index (Phi) is 8.66. The Labute approximate surface area is 175 Å². The minimum atomic E-state index is -4.15. The lowest BCUT2D eigenvalue weighted by molar-refractivity contribution is -0.122. The lowest BCUT2D eigenvalue weighted by atomic mass is 10.2. The number of hydrogen-bond acceptors (Lipinski definition) is 5. The first-order valence-electron chi connectivity index (χ1n) is 9.29. The summed E-state index contributed by atoms with van der Waals surface area (Å²) in [6.07, 6.45) is 2.83. The Balaban J connectivity index is 1.96. The maximum absolute atomic E-state index is 13.9. The summed E-state index contributed by atoms with van der Waals surface area (Å²) in [4.78, 5) is 12.1. The molecule has 1 aromatic heterocycles. The van der Waals surface area contributed by atoms with E-state index in [2.05, 4.69) is 15.1 Å². The Bertz CT molecular complexity index is 931. The van der Waals surface area contributed by atoms with E-state index in [9.17, 15) is 17.6 Å². The van der Waals surface area contributed by atoms with Gasteiger partial charge in [0, 0.05) is 18.8 Å². The van der Waals surface area contributed by atoms with Crippen LogP contribution < -0.4 is 10.0 Å². The number of halogens is 1. The number of sulfonamides is 1. The Morgan fingerprint density at radius 2 is 2.03 bits per heavy atom. The van der Waals surface area contributed by atoms with Crippen LogP contribution in [0.5, 0.6) is 0 Å². The van der Waals surface area contributed by atoms with E-state index in [1.54, 1.807) is 0 Å². The van der Waals surface area contributed by atoms with Crippen LogP contribution in [-0.2, 0) is 21.4 Å². The highest BCUT2D eigenvalue weighted by Gasteiger charge is 2.27. The molecule has 160 valence electrons. The number of aromatic nitrogens is 2. The second-order valence-electron chi connectivity index (χ2n) is 6.68. The third-order valence-electron chi connectivity index (χ3n) is 4.30. The molecule has 0 radical (unpaired) electrons. The fourth-order valence-electron chi connectivity index (χ4n) is 2.86. The van der Waals surface area contributed by atoms with Crippen LogP contribution in [-0.4, -0.2) is 48.7 Å². The van der Waals surface area contributed by atoms with Gasteiger partial charge in [0.25, 0.3) is 0 Å². The van der Waals surface area contributed by atoms with Crippen LogP contribution in [0.4, 0.5) is 4.39 Å². The summed E-state index contributed by atoms with van der Waals surface area (Å²) in [6, 6.07) is 6.11. The molecule has 0 aliphatic carbocycles. The van der Waals surface area contributed by atoms with Crippen LogP contribution in [0.1, 0.15) is 24.2 Å². The number of nitrogens with one attached hydrogen (secondary N) is 2. The molecule has 0 saturated carbocycles. The van der Waals surface area contributed by atoms with Gasteiger partial charge >= 0.3 is 0 Å². The van der Waals surface area contributed by atoms with Crippen LogP contribution in [0.25, 0.3) is 0 Å². The average Bonchev–Trinajstić information content (AvgIpc) is 2.99. The van der Waals surface area contributed by atoms with Gasteiger partial charge < -0.3 is 5.32 Å². The minimum Gasteiger partial charge on any atom is -0.355 e. The Morgan fingerprint density at radius 3 is 2.66 bits per heavy atom. The zero-order chi connectivity index (χ0) is 21.4. The summed E-state index contributed by atoms with van der Waals surface area (Å²) in [5, 5.41) is 7.13. The summed E-state index contributed by atoms with van der Waals surface area (Å²) in [5.74, 6) is -0.690. The molecule has 7 nitrogen and oxygen atoms in total. The van der Waals surface area contributed by atoms with E-state index in [-0.39, 0.29) is 0 Å². The molecular formula is C19H27FN4O3S2. The van der Waals surface area contributed by atoms with Gasteiger partial charge in [-0.3, -0.25) is 9.48 Å². The average molecular weight is 443 g/mol. The molecule has 0 spiro atoms. The van der Waals surface area contributed by atoms with Gasteiger partial charge in [0.1, 0.15) is 16.8 Å². The highest BCUT2D eigenvalue weighted by atomic mass is 32.2. The SMILES string of the molecule is CSCC[C@@H](NS(=O)(=O)c1ccccc1F)C(=O)NCCCn1nc(C)cc1C. The first kappa shape index (κ1) is 23.4. The number of aryl methyl sites for hydroxylation is 3. The monoisotopic (exact) mass is 442 g/mol. The van der Waals surface area contributed by atoms with Crippen molar-refractivity contribution in [2.24, 2.45) is 0 Å². The number of carbonyl (C=O) groups is 1. The zero-order valence-corrected chi connectivity index (χ0v) is 18.4. The predicted octanol–water partition coefficient (Wildman–Crippen LogP) is 2.25. The van der Waals surface area contributed by atoms with Crippen molar-refractivity contribution in [3.05, 3.63) is 47.5 Å². The smallest absolute Gasteiger partial charge is 0.244 e. The fraction of sp³-hybridized carbons (Fsp3) is 0.474. The molecule has 0 aliphatic heterocycles. The number of thioether (sulfide) groups is 1. The first-order valence-corrected chi connectivity index (χ1v) is 12.2. The maximum atomic E-state index is 13.9. The van der Waals surface area contributed by atoms with Crippen molar-refractivity contribution in [1.82, 2.24) is 19.8 Å². The summed E-state index contributed by atoms with van der Waals surface area (Å²) in [6.45, 7) is 4.92. The van der Waals surface area contributed by atoms with Crippen LogP contribution in [0.2, 0.25) is 0 Å². The van der Waals surface area contributed by atoms with Crippen molar-refractivity contribution in [2.45, 2.75) is 44.2 Å². The van der Waals surface area contributed by atoms with Gasteiger partial charge in [0.05, 0.1) is 5.69 Å². The number of hydrogen-bond donors (Lipinski definition) is 2. The molecule has 2 N–H and O–H groups in total. The largest absolute Gasteiger partial charge is 0.355 e. The summed E-state index contributed by atoms with van der Waals surface area (Å²) >= 11 is 1.50. The topological polar surface area (TPSA) is 93.1 Å². The third kappa shape index (κ3) is 6.83. The molecule has 1 atom stereocenters. The quantitative estimate of drug-likeness (QED) is 0.521. The van der Waals surface area contributed by atoms with Crippen molar-refractivity contribution in [3.63, 3.8) is 0 Å². The number of benzene rings is 1. The number of rotatable bonds is 11. The van der Waals surface area contributed by atoms with Crippen molar-refractivity contribution < 1.29 is 17.6 Å². The summed E-state index contributed by atoms with van der Waals surface area (Å²) in [7, 11) is -4.15. The van der Waals surface area contributed by atoms with Gasteiger partial charge in [-0.05, 0) is 56.9 Å². The second-order valence-corrected chi connectivity index (χ2v) is 9.35. The molecule has 1 heterocycles. The van der Waals surface area contributed by atoms with Gasteiger partial charge in [-0.2, -0.15) is 21.6 Å². The maximum Gasteiger partial charge on any atom is 0.244 e. The van der Waals surface area contributed by atoms with E-state index < -0.39 is 32.7 Å². The van der Waals surface area contributed by atoms with E-state index in [0.29, 0.717) is 31.7 Å². The van der Waals surface area contributed by atoms with E-state index in [1.165, 1.54) is 30.0 Å². The highest BCUT2D eigenvalue weighted by molar-refractivity contribution is 7.98. The summed E-state index contributed by atoms with van der Waals surface area (Å²) < 4.78 is 43.2. The molecule has 0 bridgehead atoms. The molecular weight excluding hydrogens is 415 g/mol. The van der Waals surface area contributed by atoms with E-state index in [4.69, 9.17) is 0 Å². The predicted molar refractivity (Wildman–Crippen MR) is 113 cm³/mol. The van der Waals surface area contributed by atoms with E-state index in [1.807, 2.05) is 30.9 Å². The van der Waals surface area contributed by atoms with Crippen LogP contribution in [0.15, 0.2) is 35.2 Å². The molecule has 2 aromatic rings. The van der Waals surface area contributed by atoms with Gasteiger partial charge in [-0.1, -0.05) is 12.1 Å². The molecule has 0 saturated heterocycles. The van der Waals surface area contributed by atoms with Gasteiger partial charge in [0.2, 0.25) is 15.9 Å². The van der Waals surface area contributed by atoms with Gasteiger partial charge in [-0.25, -0.2) is 12.8 Å². The molecule has 1 aromatic carbocycles. The first-order chi connectivity index (χ1) is 13.7. The Hall–Kier alpha value is -1.91. The lowest BCUT2D eigenvalue weighted by Gasteiger charge is -2.18. The molecule has 0 aliphatic rings. The Morgan fingerprint density at radius 1 is 1.31 bits per heavy atom. The molecule has 0 unspecified atom stereocenters. The van der Waals surface area contributed by atoms with E-state index in [0.717, 1.165) is 17.5 Å². The lowest BCUT2D eigenvalue weighted by Crippen LogP contribution is -2.47. The van der Waals surface area contributed by atoms with Crippen molar-refractivity contribution in [1.29, 1.82) is 0 Å². The number of amides is 1. The number of carbonyl (C=O) groups excluding carboxylic acids is 1. The number of nitrogens with zero attached hydrogens (tertiary/aromatic N) is 2. The van der Waals surface area contributed by atoms with Crippen molar-refractivity contribution in [3.8, 4) is 0 Å². The molecule has 1 amide bonds. The fourth-order valence-corrected chi connectivity index (χ4v) is 4.64. The van der Waals surface area contributed by atoms with Crippen LogP contribution >= 0.6 is 11.8 Å². The standard InChI is InChI=1S/C19H27FN4O3S2/c1-14-13-15(2)24(22-14)11-6-10-21-19(25)17(9-12-28-3)23-29(26,27)18-8-5-4-7-16(18)20/h4-5,7-8,13,17,23H,6,9-12H2,1-3H3,(H,21,25)/t17-/m1/s1. The highest BCUT2D eigenvalue weighted by Crippen LogP contribution is 2.15. The third-order valence-corrected chi connectivity index (χ3v) is 6.45. The summed E-state index contributed by atoms with van der Waals surface area (Å²) in [5.41, 5.74) is 1.98. The molecule has 10 heteroatoms. The van der Waals surface area contributed by atoms with Gasteiger partial charge in [-0.15, -0.1) is 0 Å². The molecule has 29 heavy (non-hydrogen) atoms. The van der Waals surface area contributed by atoms with Crippen molar-refractivity contribution in [2.75, 3.05) is 18.6 Å². The van der Waals surface area contributed by atoms with Gasteiger partial charge in [0.15, 0.2) is 0 Å². The second kappa shape index (κ2) is 10.7. The minimum absolute atomic E-state index is 0.304.